The summed E-state index contributed by atoms with van der Waals surface area (Å²) in [5.74, 6) is 0.420. The van der Waals surface area contributed by atoms with E-state index in [4.69, 9.17) is 10.5 Å². The van der Waals surface area contributed by atoms with Crippen molar-refractivity contribution in [3.8, 4) is 0 Å². The molecule has 0 amide bonds. The molecule has 1 aliphatic rings. The fraction of sp³-hybridized carbons (Fsp3) is 0.500. The summed E-state index contributed by atoms with van der Waals surface area (Å²) in [7, 11) is 0. The third-order valence-corrected chi connectivity index (χ3v) is 3.27. The first-order valence-corrected chi connectivity index (χ1v) is 6.19. The number of benzene rings is 1. The van der Waals surface area contributed by atoms with Crippen LogP contribution >= 0.6 is 12.4 Å². The molecule has 0 spiro atoms. The summed E-state index contributed by atoms with van der Waals surface area (Å²) in [6.45, 7) is 3.01. The average Bonchev–Trinajstić information content (AvgIpc) is 2.71. The molecule has 100 valence electrons. The Hall–Kier alpha value is -1.06. The summed E-state index contributed by atoms with van der Waals surface area (Å²) in [6, 6.07) is 6.27. The third kappa shape index (κ3) is 3.47. The van der Waals surface area contributed by atoms with Gasteiger partial charge in [0.05, 0.1) is 13.0 Å². The minimum absolute atomic E-state index is 0. The first-order chi connectivity index (χ1) is 8.22. The van der Waals surface area contributed by atoms with Crippen LogP contribution in [0.3, 0.4) is 0 Å². The summed E-state index contributed by atoms with van der Waals surface area (Å²) in [4.78, 5) is 11.4. The SMILES string of the molecule is CCOC(=O)Cc1ccc2c(c1)CC(CN)C2.Cl. The van der Waals surface area contributed by atoms with Crippen molar-refractivity contribution >= 4 is 18.4 Å². The van der Waals surface area contributed by atoms with Gasteiger partial charge in [-0.2, -0.15) is 0 Å². The maximum atomic E-state index is 11.4. The number of carbonyl (C=O) groups excluding carboxylic acids is 1. The highest BCUT2D eigenvalue weighted by molar-refractivity contribution is 5.85. The highest BCUT2D eigenvalue weighted by Gasteiger charge is 2.20. The predicted molar refractivity (Wildman–Crippen MR) is 74.0 cm³/mol. The molecular formula is C14H20ClNO2. The third-order valence-electron chi connectivity index (χ3n) is 3.27. The summed E-state index contributed by atoms with van der Waals surface area (Å²) >= 11 is 0. The maximum Gasteiger partial charge on any atom is 0.310 e. The van der Waals surface area contributed by atoms with Gasteiger partial charge >= 0.3 is 5.97 Å². The quantitative estimate of drug-likeness (QED) is 0.850. The number of nitrogens with two attached hydrogens (primary N) is 1. The standard InChI is InChI=1S/C14H19NO2.ClH/c1-2-17-14(16)8-10-3-4-12-6-11(9-15)7-13(12)5-10;/h3-5,11H,2,6-9,15H2,1H3;1H. The second-order valence-corrected chi connectivity index (χ2v) is 4.59. The Morgan fingerprint density at radius 2 is 2.11 bits per heavy atom. The number of ether oxygens (including phenoxy) is 1. The van der Waals surface area contributed by atoms with Gasteiger partial charge in [0.15, 0.2) is 0 Å². The molecule has 0 saturated carbocycles. The molecule has 1 aromatic rings. The average molecular weight is 270 g/mol. The van der Waals surface area contributed by atoms with Crippen molar-refractivity contribution in [1.29, 1.82) is 0 Å². The minimum Gasteiger partial charge on any atom is -0.466 e. The molecular weight excluding hydrogens is 250 g/mol. The highest BCUT2D eigenvalue weighted by atomic mass is 35.5. The lowest BCUT2D eigenvalue weighted by atomic mass is 10.0. The van der Waals surface area contributed by atoms with Gasteiger partial charge in [0, 0.05) is 0 Å². The van der Waals surface area contributed by atoms with Crippen LogP contribution in [0, 0.1) is 5.92 Å². The smallest absolute Gasteiger partial charge is 0.310 e. The fourth-order valence-electron chi connectivity index (χ4n) is 2.42. The van der Waals surface area contributed by atoms with Gasteiger partial charge in [0.2, 0.25) is 0 Å². The number of halogens is 1. The van der Waals surface area contributed by atoms with Crippen LogP contribution in [0.5, 0.6) is 0 Å². The Bertz CT molecular complexity index is 420. The first kappa shape index (κ1) is 15.0. The molecule has 2 rings (SSSR count). The van der Waals surface area contributed by atoms with Crippen LogP contribution in [-0.4, -0.2) is 19.1 Å². The van der Waals surface area contributed by atoms with Gasteiger partial charge in [-0.1, -0.05) is 18.2 Å². The van der Waals surface area contributed by atoms with Crippen molar-refractivity contribution in [2.24, 2.45) is 11.7 Å². The minimum atomic E-state index is -0.152. The summed E-state index contributed by atoms with van der Waals surface area (Å²) in [5, 5.41) is 0. The molecule has 0 aliphatic heterocycles. The van der Waals surface area contributed by atoms with Crippen molar-refractivity contribution in [3.63, 3.8) is 0 Å². The predicted octanol–water partition coefficient (Wildman–Crippen LogP) is 1.89. The van der Waals surface area contributed by atoms with Crippen LogP contribution < -0.4 is 5.73 Å². The highest BCUT2D eigenvalue weighted by Crippen LogP contribution is 2.27. The molecule has 0 radical (unpaired) electrons. The first-order valence-electron chi connectivity index (χ1n) is 6.19. The Morgan fingerprint density at radius 3 is 2.78 bits per heavy atom. The Morgan fingerprint density at radius 1 is 1.39 bits per heavy atom. The molecule has 1 atom stereocenters. The summed E-state index contributed by atoms with van der Waals surface area (Å²) < 4.78 is 4.95. The Kier molecular flexibility index (Phi) is 5.63. The number of carbonyl (C=O) groups is 1. The van der Waals surface area contributed by atoms with Crippen molar-refractivity contribution < 1.29 is 9.53 Å². The lowest BCUT2D eigenvalue weighted by molar-refractivity contribution is -0.142. The lowest BCUT2D eigenvalue weighted by Gasteiger charge is -2.04. The second-order valence-electron chi connectivity index (χ2n) is 4.59. The van der Waals surface area contributed by atoms with Crippen LogP contribution in [0.15, 0.2) is 18.2 Å². The lowest BCUT2D eigenvalue weighted by Crippen LogP contribution is -2.13. The number of esters is 1. The van der Waals surface area contributed by atoms with Gasteiger partial charge in [0.1, 0.15) is 0 Å². The zero-order chi connectivity index (χ0) is 12.3. The van der Waals surface area contributed by atoms with E-state index in [9.17, 15) is 4.79 Å². The number of hydrogen-bond acceptors (Lipinski definition) is 3. The molecule has 3 nitrogen and oxygen atoms in total. The molecule has 0 saturated heterocycles. The summed E-state index contributed by atoms with van der Waals surface area (Å²) in [6.07, 6.45) is 2.49. The molecule has 0 bridgehead atoms. The van der Waals surface area contributed by atoms with Gasteiger partial charge in [-0.25, -0.2) is 0 Å². The topological polar surface area (TPSA) is 52.3 Å². The normalized spacial score (nSPS) is 16.9. The van der Waals surface area contributed by atoms with Crippen LogP contribution in [0.2, 0.25) is 0 Å². The van der Waals surface area contributed by atoms with Gasteiger partial charge < -0.3 is 10.5 Å². The van der Waals surface area contributed by atoms with E-state index < -0.39 is 0 Å². The molecule has 4 heteroatoms. The van der Waals surface area contributed by atoms with Gasteiger partial charge in [-0.3, -0.25) is 4.79 Å². The Balaban J connectivity index is 0.00000162. The largest absolute Gasteiger partial charge is 0.466 e. The molecule has 0 heterocycles. The van der Waals surface area contributed by atoms with Crippen molar-refractivity contribution in [1.82, 2.24) is 0 Å². The van der Waals surface area contributed by atoms with Crippen molar-refractivity contribution in [2.45, 2.75) is 26.2 Å². The van der Waals surface area contributed by atoms with Gasteiger partial charge in [-0.15, -0.1) is 12.4 Å². The number of fused-ring (bicyclic) bond motifs is 1. The molecule has 1 unspecified atom stereocenters. The van der Waals surface area contributed by atoms with E-state index >= 15 is 0 Å². The van der Waals surface area contributed by atoms with E-state index in [2.05, 4.69) is 12.1 Å². The Labute approximate surface area is 114 Å². The molecule has 1 aromatic carbocycles. The monoisotopic (exact) mass is 269 g/mol. The second kappa shape index (κ2) is 6.76. The zero-order valence-corrected chi connectivity index (χ0v) is 11.5. The molecule has 0 aromatic heterocycles. The molecule has 18 heavy (non-hydrogen) atoms. The van der Waals surface area contributed by atoms with Crippen molar-refractivity contribution in [3.05, 3.63) is 34.9 Å². The maximum absolute atomic E-state index is 11.4. The fourth-order valence-corrected chi connectivity index (χ4v) is 2.42. The molecule has 0 fully saturated rings. The van der Waals surface area contributed by atoms with E-state index in [0.717, 1.165) is 24.9 Å². The van der Waals surface area contributed by atoms with E-state index in [1.807, 2.05) is 13.0 Å². The van der Waals surface area contributed by atoms with Gasteiger partial charge in [0.25, 0.3) is 0 Å². The van der Waals surface area contributed by atoms with E-state index in [0.29, 0.717) is 18.9 Å². The molecule has 2 N–H and O–H groups in total. The van der Waals surface area contributed by atoms with E-state index in [-0.39, 0.29) is 18.4 Å². The number of rotatable bonds is 4. The van der Waals surface area contributed by atoms with Gasteiger partial charge in [-0.05, 0) is 48.9 Å². The van der Waals surface area contributed by atoms with E-state index in [1.54, 1.807) is 0 Å². The zero-order valence-electron chi connectivity index (χ0n) is 10.6. The summed E-state index contributed by atoms with van der Waals surface area (Å²) in [5.41, 5.74) is 9.47. The molecule has 1 aliphatic carbocycles. The van der Waals surface area contributed by atoms with Crippen molar-refractivity contribution in [2.75, 3.05) is 13.2 Å². The van der Waals surface area contributed by atoms with Crippen LogP contribution in [-0.2, 0) is 28.8 Å². The van der Waals surface area contributed by atoms with Crippen LogP contribution in [0.1, 0.15) is 23.6 Å². The van der Waals surface area contributed by atoms with Crippen LogP contribution in [0.4, 0.5) is 0 Å². The number of hydrogen-bond donors (Lipinski definition) is 1. The van der Waals surface area contributed by atoms with E-state index in [1.165, 1.54) is 11.1 Å². The van der Waals surface area contributed by atoms with Crippen LogP contribution in [0.25, 0.3) is 0 Å².